The predicted octanol–water partition coefficient (Wildman–Crippen LogP) is 2.08. The van der Waals surface area contributed by atoms with E-state index in [1.165, 1.54) is 12.1 Å². The van der Waals surface area contributed by atoms with Crippen LogP contribution in [0.3, 0.4) is 0 Å². The zero-order valence-electron chi connectivity index (χ0n) is 10.2. The van der Waals surface area contributed by atoms with Crippen molar-refractivity contribution in [3.63, 3.8) is 0 Å². The van der Waals surface area contributed by atoms with Crippen LogP contribution in [0.1, 0.15) is 32.1 Å². The van der Waals surface area contributed by atoms with Gasteiger partial charge >= 0.3 is 5.97 Å². The number of carboxylic acid groups (broad SMARTS) is 1. The van der Waals surface area contributed by atoms with Crippen LogP contribution < -0.4 is 5.32 Å². The molecule has 5 nitrogen and oxygen atoms in total. The van der Waals surface area contributed by atoms with Gasteiger partial charge in [-0.15, -0.1) is 0 Å². The van der Waals surface area contributed by atoms with E-state index >= 15 is 0 Å². The fourth-order valence-electron chi connectivity index (χ4n) is 1.58. The van der Waals surface area contributed by atoms with Crippen molar-refractivity contribution in [3.8, 4) is 0 Å². The van der Waals surface area contributed by atoms with Gasteiger partial charge in [-0.05, 0) is 41.4 Å². The minimum Gasteiger partial charge on any atom is -0.478 e. The Morgan fingerprint density at radius 2 is 2.16 bits per heavy atom. The van der Waals surface area contributed by atoms with E-state index in [1.54, 1.807) is 18.3 Å². The molecule has 0 spiro atoms. The summed E-state index contributed by atoms with van der Waals surface area (Å²) in [7, 11) is 0. The van der Waals surface area contributed by atoms with Gasteiger partial charge < -0.3 is 10.4 Å². The van der Waals surface area contributed by atoms with Gasteiger partial charge in [-0.2, -0.15) is 11.3 Å². The maximum Gasteiger partial charge on any atom is 0.337 e. The van der Waals surface area contributed by atoms with Crippen molar-refractivity contribution in [2.24, 2.45) is 0 Å². The summed E-state index contributed by atoms with van der Waals surface area (Å²) >= 11 is 1.56. The lowest BCUT2D eigenvalue weighted by molar-refractivity contribution is 0.0694. The van der Waals surface area contributed by atoms with Gasteiger partial charge in [0.15, 0.2) is 0 Å². The summed E-state index contributed by atoms with van der Waals surface area (Å²) in [5.74, 6) is -1.36. The van der Waals surface area contributed by atoms with Crippen molar-refractivity contribution in [3.05, 3.63) is 51.5 Å². The minimum absolute atomic E-state index is 0.106. The number of pyridine rings is 1. The first-order chi connectivity index (χ1) is 9.08. The highest BCUT2D eigenvalue weighted by Gasteiger charge is 2.12. The summed E-state index contributed by atoms with van der Waals surface area (Å²) in [5, 5.41) is 15.5. The van der Waals surface area contributed by atoms with E-state index in [-0.39, 0.29) is 17.2 Å². The number of aromatic carboxylic acids is 1. The molecular weight excluding hydrogens is 264 g/mol. The highest BCUT2D eigenvalue weighted by Crippen LogP contribution is 2.08. The third kappa shape index (κ3) is 3.17. The van der Waals surface area contributed by atoms with Crippen LogP contribution in [0.4, 0.5) is 0 Å². The Morgan fingerprint density at radius 1 is 1.37 bits per heavy atom. The van der Waals surface area contributed by atoms with Gasteiger partial charge in [0, 0.05) is 6.54 Å². The van der Waals surface area contributed by atoms with Crippen molar-refractivity contribution in [1.29, 1.82) is 0 Å². The third-order valence-electron chi connectivity index (χ3n) is 2.58. The van der Waals surface area contributed by atoms with E-state index in [4.69, 9.17) is 5.11 Å². The van der Waals surface area contributed by atoms with Crippen molar-refractivity contribution in [2.75, 3.05) is 0 Å². The van der Waals surface area contributed by atoms with E-state index in [0.29, 0.717) is 12.2 Å². The normalized spacial score (nSPS) is 10.2. The molecule has 2 heterocycles. The molecule has 2 aromatic heterocycles. The number of rotatable bonds is 4. The molecule has 0 saturated carbocycles. The molecule has 0 aliphatic heterocycles. The molecule has 2 aromatic rings. The molecule has 0 aliphatic carbocycles. The molecule has 0 aliphatic rings. The molecule has 6 heteroatoms. The van der Waals surface area contributed by atoms with Crippen molar-refractivity contribution in [2.45, 2.75) is 13.5 Å². The van der Waals surface area contributed by atoms with E-state index in [9.17, 15) is 9.59 Å². The first kappa shape index (κ1) is 13.2. The fraction of sp³-hybridized carbons (Fsp3) is 0.154. The average molecular weight is 276 g/mol. The first-order valence-electron chi connectivity index (χ1n) is 5.58. The first-order valence-corrected chi connectivity index (χ1v) is 6.52. The number of carbonyl (C=O) groups is 2. The number of carbonyl (C=O) groups excluding carboxylic acids is 1. The molecule has 2 N–H and O–H groups in total. The Morgan fingerprint density at radius 3 is 2.74 bits per heavy atom. The van der Waals surface area contributed by atoms with E-state index < -0.39 is 5.97 Å². The molecule has 2 rings (SSSR count). The number of aryl methyl sites for hydroxylation is 1. The number of hydrogen-bond donors (Lipinski definition) is 2. The average Bonchev–Trinajstić information content (AvgIpc) is 2.88. The van der Waals surface area contributed by atoms with Crippen LogP contribution >= 0.6 is 11.3 Å². The quantitative estimate of drug-likeness (QED) is 0.896. The second-order valence-electron chi connectivity index (χ2n) is 3.95. The lowest BCUT2D eigenvalue weighted by Gasteiger charge is -2.05. The number of thiophene rings is 1. The number of nitrogens with one attached hydrogen (secondary N) is 1. The highest BCUT2D eigenvalue weighted by molar-refractivity contribution is 7.07. The zero-order valence-corrected chi connectivity index (χ0v) is 11.0. The minimum atomic E-state index is -1.05. The molecule has 0 saturated heterocycles. The smallest absolute Gasteiger partial charge is 0.337 e. The molecule has 0 atom stereocenters. The summed E-state index contributed by atoms with van der Waals surface area (Å²) in [6.45, 7) is 2.00. The van der Waals surface area contributed by atoms with Gasteiger partial charge in [0.25, 0.3) is 5.91 Å². The topological polar surface area (TPSA) is 79.3 Å². The van der Waals surface area contributed by atoms with Crippen LogP contribution in [0.2, 0.25) is 0 Å². The van der Waals surface area contributed by atoms with Gasteiger partial charge in [-0.3, -0.25) is 4.79 Å². The van der Waals surface area contributed by atoms with Gasteiger partial charge in [0.1, 0.15) is 5.69 Å². The van der Waals surface area contributed by atoms with E-state index in [1.807, 2.05) is 16.8 Å². The fourth-order valence-corrected chi connectivity index (χ4v) is 2.25. The second-order valence-corrected chi connectivity index (χ2v) is 4.73. The molecule has 0 bridgehead atoms. The molecule has 19 heavy (non-hydrogen) atoms. The molecule has 0 fully saturated rings. The molecular formula is C13H12N2O3S. The summed E-state index contributed by atoms with van der Waals surface area (Å²) in [6, 6.07) is 4.74. The lowest BCUT2D eigenvalue weighted by atomic mass is 10.2. The summed E-state index contributed by atoms with van der Waals surface area (Å²) in [4.78, 5) is 26.7. The van der Waals surface area contributed by atoms with Gasteiger partial charge in [-0.1, -0.05) is 0 Å². The summed E-state index contributed by atoms with van der Waals surface area (Å²) in [5.41, 5.74) is 1.68. The van der Waals surface area contributed by atoms with E-state index in [2.05, 4.69) is 10.3 Å². The summed E-state index contributed by atoms with van der Waals surface area (Å²) < 4.78 is 0. The predicted molar refractivity (Wildman–Crippen MR) is 71.4 cm³/mol. The van der Waals surface area contributed by atoms with E-state index in [0.717, 1.165) is 5.56 Å². The molecule has 0 radical (unpaired) electrons. The lowest BCUT2D eigenvalue weighted by Crippen LogP contribution is -2.24. The van der Waals surface area contributed by atoms with Crippen LogP contribution in [0.25, 0.3) is 0 Å². The number of nitrogens with zero attached hydrogens (tertiary/aromatic N) is 1. The Labute approximate surface area is 113 Å². The van der Waals surface area contributed by atoms with Crippen LogP contribution in [0, 0.1) is 6.92 Å². The Hall–Kier alpha value is -2.21. The maximum absolute atomic E-state index is 11.9. The Kier molecular flexibility index (Phi) is 3.91. The molecule has 98 valence electrons. The third-order valence-corrected chi connectivity index (χ3v) is 3.31. The van der Waals surface area contributed by atoms with Crippen molar-refractivity contribution >= 4 is 23.2 Å². The second kappa shape index (κ2) is 5.62. The van der Waals surface area contributed by atoms with Crippen LogP contribution in [-0.2, 0) is 6.54 Å². The molecule has 1 amide bonds. The molecule has 0 unspecified atom stereocenters. The number of amides is 1. The monoisotopic (exact) mass is 276 g/mol. The van der Waals surface area contributed by atoms with Crippen LogP contribution in [-0.4, -0.2) is 22.0 Å². The SMILES string of the molecule is Cc1nc(C(=O)NCc2ccsc2)ccc1C(=O)O. The zero-order chi connectivity index (χ0) is 13.8. The van der Waals surface area contributed by atoms with Gasteiger partial charge in [0.05, 0.1) is 11.3 Å². The maximum atomic E-state index is 11.9. The number of carboxylic acids is 1. The van der Waals surface area contributed by atoms with Gasteiger partial charge in [0.2, 0.25) is 0 Å². The van der Waals surface area contributed by atoms with Gasteiger partial charge in [-0.25, -0.2) is 9.78 Å². The number of aromatic nitrogens is 1. The highest BCUT2D eigenvalue weighted by atomic mass is 32.1. The van der Waals surface area contributed by atoms with Crippen LogP contribution in [0.15, 0.2) is 29.0 Å². The Bertz CT molecular complexity index is 608. The van der Waals surface area contributed by atoms with Crippen molar-refractivity contribution in [1.82, 2.24) is 10.3 Å². The summed E-state index contributed by atoms with van der Waals surface area (Å²) in [6.07, 6.45) is 0. The standard InChI is InChI=1S/C13H12N2O3S/c1-8-10(13(17)18)2-3-11(15-8)12(16)14-6-9-4-5-19-7-9/h2-5,7H,6H2,1H3,(H,14,16)(H,17,18). The molecule has 0 aromatic carbocycles. The van der Waals surface area contributed by atoms with Crippen LogP contribution in [0.5, 0.6) is 0 Å². The number of hydrogen-bond acceptors (Lipinski definition) is 4. The largest absolute Gasteiger partial charge is 0.478 e. The van der Waals surface area contributed by atoms with Crippen molar-refractivity contribution < 1.29 is 14.7 Å². The Balaban J connectivity index is 2.07.